The first-order valence-electron chi connectivity index (χ1n) is 7.49. The highest BCUT2D eigenvalue weighted by Crippen LogP contribution is 2.54. The minimum atomic E-state index is -3.30. The van der Waals surface area contributed by atoms with Gasteiger partial charge in [-0.15, -0.1) is 0 Å². The first-order valence-corrected chi connectivity index (χ1v) is 9.31. The van der Waals surface area contributed by atoms with Crippen molar-refractivity contribution in [1.29, 1.82) is 0 Å². The van der Waals surface area contributed by atoms with Crippen molar-refractivity contribution in [1.82, 2.24) is 0 Å². The first kappa shape index (κ1) is 20.6. The lowest BCUT2D eigenvalue weighted by molar-refractivity contribution is -0.138. The zero-order valence-electron chi connectivity index (χ0n) is 15.3. The van der Waals surface area contributed by atoms with Crippen LogP contribution in [0.1, 0.15) is 61.8 Å². The van der Waals surface area contributed by atoms with E-state index in [4.69, 9.17) is 8.85 Å². The Morgan fingerprint density at radius 2 is 1.23 bits per heavy atom. The van der Waals surface area contributed by atoms with Crippen molar-refractivity contribution < 1.29 is 18.4 Å². The number of carbonyl (C=O) groups excluding carboxylic acids is 2. The first-order chi connectivity index (χ1) is 9.72. The van der Waals surface area contributed by atoms with Crippen LogP contribution in [0.3, 0.4) is 0 Å². The maximum absolute atomic E-state index is 12.2. The van der Waals surface area contributed by atoms with E-state index in [9.17, 15) is 9.59 Å². The zero-order valence-corrected chi connectivity index (χ0v) is 16.3. The van der Waals surface area contributed by atoms with Gasteiger partial charge in [0.25, 0.3) is 0 Å². The molecule has 0 aromatic heterocycles. The third-order valence-corrected chi connectivity index (χ3v) is 8.99. The largest absolute Gasteiger partial charge is 0.481 e. The van der Waals surface area contributed by atoms with Gasteiger partial charge in [0, 0.05) is 21.2 Å². The van der Waals surface area contributed by atoms with E-state index >= 15 is 0 Å². The monoisotopic (exact) mass is 326 g/mol. The quantitative estimate of drug-likeness (QED) is 0.526. The molecule has 0 fully saturated rings. The van der Waals surface area contributed by atoms with Gasteiger partial charge in [-0.3, -0.25) is 0 Å². The molecule has 0 saturated carbocycles. The fraction of sp³-hybridized carbons (Fsp3) is 0.647. The van der Waals surface area contributed by atoms with Crippen LogP contribution in [0.5, 0.6) is 0 Å². The molecule has 0 saturated heterocycles. The summed E-state index contributed by atoms with van der Waals surface area (Å²) in [7, 11) is -3.30. The summed E-state index contributed by atoms with van der Waals surface area (Å²) in [6.07, 6.45) is 0.712. The molecule has 0 spiro atoms. The van der Waals surface area contributed by atoms with E-state index in [0.29, 0.717) is 17.6 Å². The van der Waals surface area contributed by atoms with Crippen molar-refractivity contribution in [3.8, 4) is 0 Å². The molecular weight excluding hydrogens is 296 g/mol. The van der Waals surface area contributed by atoms with Crippen molar-refractivity contribution >= 4 is 20.5 Å². The van der Waals surface area contributed by atoms with Gasteiger partial charge in [-0.25, -0.2) is 9.59 Å². The van der Waals surface area contributed by atoms with Crippen LogP contribution in [0.25, 0.3) is 0 Å². The van der Waals surface area contributed by atoms with Gasteiger partial charge in [0.05, 0.1) is 0 Å². The summed E-state index contributed by atoms with van der Waals surface area (Å²) < 4.78 is 11.7. The van der Waals surface area contributed by atoms with Crippen LogP contribution in [-0.2, 0) is 18.4 Å². The van der Waals surface area contributed by atoms with Crippen LogP contribution in [0, 0.1) is 0 Å². The molecule has 0 aromatic rings. The molecule has 0 aliphatic carbocycles. The Morgan fingerprint density at radius 3 is 1.41 bits per heavy atom. The highest BCUT2D eigenvalue weighted by molar-refractivity contribution is 6.76. The highest BCUT2D eigenvalue weighted by atomic mass is 28.4. The van der Waals surface area contributed by atoms with E-state index in [0.717, 1.165) is 0 Å². The molecule has 22 heavy (non-hydrogen) atoms. The second-order valence-electron chi connectivity index (χ2n) is 7.44. The molecule has 0 bridgehead atoms. The second-order valence-corrected chi connectivity index (χ2v) is 11.9. The lowest BCUT2D eigenvalue weighted by Gasteiger charge is -2.48. The van der Waals surface area contributed by atoms with Crippen LogP contribution < -0.4 is 0 Å². The number of hydrogen-bond donors (Lipinski definition) is 0. The Hall–Kier alpha value is -1.36. The van der Waals surface area contributed by atoms with E-state index in [-0.39, 0.29) is 0 Å². The van der Waals surface area contributed by atoms with Gasteiger partial charge in [-0.1, -0.05) is 54.7 Å². The third kappa shape index (κ3) is 4.09. The summed E-state index contributed by atoms with van der Waals surface area (Å²) >= 11 is 0. The number of rotatable bonds is 6. The van der Waals surface area contributed by atoms with E-state index in [1.807, 2.05) is 41.5 Å². The number of carbonyl (C=O) groups is 2. The maximum atomic E-state index is 12.2. The summed E-state index contributed by atoms with van der Waals surface area (Å²) in [4.78, 5) is 24.4. The van der Waals surface area contributed by atoms with Crippen molar-refractivity contribution in [3.63, 3.8) is 0 Å². The van der Waals surface area contributed by atoms with E-state index in [2.05, 4.69) is 13.2 Å². The Labute approximate surface area is 135 Å². The Balaban J connectivity index is 6.18. The van der Waals surface area contributed by atoms with Gasteiger partial charge < -0.3 is 8.85 Å². The average Bonchev–Trinajstić information content (AvgIpc) is 2.35. The smallest absolute Gasteiger partial charge is 0.476 e. The van der Waals surface area contributed by atoms with Crippen molar-refractivity contribution in [3.05, 3.63) is 24.3 Å². The topological polar surface area (TPSA) is 52.6 Å². The van der Waals surface area contributed by atoms with Gasteiger partial charge >= 0.3 is 20.5 Å². The van der Waals surface area contributed by atoms with Crippen molar-refractivity contribution in [2.45, 2.75) is 71.9 Å². The fourth-order valence-corrected chi connectivity index (χ4v) is 6.86. The van der Waals surface area contributed by atoms with Gasteiger partial charge in [-0.2, -0.15) is 0 Å². The lowest BCUT2D eigenvalue weighted by atomic mass is 10.1. The molecule has 0 rings (SSSR count). The molecule has 0 heterocycles. The minimum Gasteiger partial charge on any atom is -0.481 e. The van der Waals surface area contributed by atoms with E-state index in [1.54, 1.807) is 13.8 Å². The fourth-order valence-electron chi connectivity index (χ4n) is 2.29. The van der Waals surface area contributed by atoms with Gasteiger partial charge in [0.1, 0.15) is 0 Å². The molecule has 0 radical (unpaired) electrons. The predicted octanol–water partition coefficient (Wildman–Crippen LogP) is 4.66. The van der Waals surface area contributed by atoms with Crippen LogP contribution >= 0.6 is 0 Å². The molecule has 0 aromatic carbocycles. The maximum Gasteiger partial charge on any atom is 0.476 e. The lowest BCUT2D eigenvalue weighted by Crippen LogP contribution is -2.60. The minimum absolute atomic E-state index is 0.291. The molecule has 5 heteroatoms. The molecule has 0 aliphatic rings. The van der Waals surface area contributed by atoms with E-state index in [1.165, 1.54) is 0 Å². The summed E-state index contributed by atoms with van der Waals surface area (Å²) in [5, 5.41) is -0.954. The second kappa shape index (κ2) is 6.81. The summed E-state index contributed by atoms with van der Waals surface area (Å²) in [5.41, 5.74) is 0.582. The summed E-state index contributed by atoms with van der Waals surface area (Å²) in [6.45, 7) is 22.2. The molecule has 0 aliphatic heterocycles. The van der Waals surface area contributed by atoms with Crippen LogP contribution in [0.2, 0.25) is 10.1 Å². The molecular formula is C17H30O4Si. The van der Waals surface area contributed by atoms with Crippen LogP contribution in [0.15, 0.2) is 24.3 Å². The molecule has 126 valence electrons. The highest BCUT2D eigenvalue weighted by Gasteiger charge is 2.65. The summed E-state index contributed by atoms with van der Waals surface area (Å²) in [5.74, 6) is -1.03. The normalized spacial score (nSPS) is 12.5. The molecule has 4 nitrogen and oxygen atoms in total. The zero-order chi connectivity index (χ0) is 17.9. The van der Waals surface area contributed by atoms with Gasteiger partial charge in [0.15, 0.2) is 0 Å². The Morgan fingerprint density at radius 1 is 0.909 bits per heavy atom. The van der Waals surface area contributed by atoms with Gasteiger partial charge in [0.2, 0.25) is 0 Å². The average molecular weight is 327 g/mol. The van der Waals surface area contributed by atoms with Crippen molar-refractivity contribution in [2.24, 2.45) is 0 Å². The Kier molecular flexibility index (Phi) is 6.39. The molecule has 0 amide bonds. The number of hydrogen-bond acceptors (Lipinski definition) is 4. The standard InChI is InChI=1S/C17H30O4Si/c1-11-17(9,10)22(16(6,7)8,20-14(18)12(2)3)21-15(19)13(4)5/h2,4,11H2,1,3,5-10H3. The SMILES string of the molecule is C=C(C)C(=O)O[Si](OC(=O)C(=C)C)(C(C)(C)C)C(C)(C)CC. The van der Waals surface area contributed by atoms with Crippen LogP contribution in [0.4, 0.5) is 0 Å². The molecule has 0 atom stereocenters. The van der Waals surface area contributed by atoms with E-state index < -0.39 is 30.6 Å². The summed E-state index contributed by atoms with van der Waals surface area (Å²) in [6, 6.07) is 0. The predicted molar refractivity (Wildman–Crippen MR) is 91.6 cm³/mol. The molecule has 0 N–H and O–H groups in total. The molecule has 0 unspecified atom stereocenters. The Bertz CT molecular complexity index is 455. The van der Waals surface area contributed by atoms with Crippen LogP contribution in [-0.4, -0.2) is 20.5 Å². The van der Waals surface area contributed by atoms with Gasteiger partial charge in [-0.05, 0) is 20.3 Å². The van der Waals surface area contributed by atoms with Crippen molar-refractivity contribution in [2.75, 3.05) is 0 Å². The third-order valence-electron chi connectivity index (χ3n) is 3.93.